The average Bonchev–Trinajstić information content (AvgIpc) is 3.28. The van der Waals surface area contributed by atoms with Gasteiger partial charge in [-0.05, 0) is 37.8 Å². The number of nitro benzene ring substituents is 1. The van der Waals surface area contributed by atoms with Crippen LogP contribution in [0, 0.1) is 10.1 Å². The third-order valence-corrected chi connectivity index (χ3v) is 7.63. The molecule has 4 rings (SSSR count). The van der Waals surface area contributed by atoms with Crippen LogP contribution in [0.5, 0.6) is 0 Å². The normalized spacial score (nSPS) is 14.0. The molecule has 1 atom stereocenters. The first-order chi connectivity index (χ1) is 14.3. The zero-order chi connectivity index (χ0) is 21.6. The Kier molecular flexibility index (Phi) is 5.56. The van der Waals surface area contributed by atoms with Crippen molar-refractivity contribution in [2.24, 2.45) is 7.05 Å². The number of fused-ring (bicyclic) bond motifs is 3. The summed E-state index contributed by atoms with van der Waals surface area (Å²) in [6, 6.07) is 3.84. The number of aromatic nitrogens is 2. The van der Waals surface area contributed by atoms with Crippen molar-refractivity contribution < 1.29 is 9.72 Å². The first-order valence-electron chi connectivity index (χ1n) is 9.19. The number of amides is 1. The summed E-state index contributed by atoms with van der Waals surface area (Å²) in [5, 5.41) is 14.3. The van der Waals surface area contributed by atoms with E-state index in [9.17, 15) is 19.7 Å². The minimum atomic E-state index is -0.609. The van der Waals surface area contributed by atoms with Crippen LogP contribution in [0.4, 0.5) is 11.4 Å². The number of nitro groups is 1. The number of halogens is 1. The minimum absolute atomic E-state index is 0.101. The van der Waals surface area contributed by atoms with Crippen molar-refractivity contribution in [3.8, 4) is 0 Å². The summed E-state index contributed by atoms with van der Waals surface area (Å²) in [5.41, 5.74) is 1.01. The molecule has 0 radical (unpaired) electrons. The van der Waals surface area contributed by atoms with E-state index in [1.54, 1.807) is 25.3 Å². The fourth-order valence-corrected chi connectivity index (χ4v) is 5.72. The highest BCUT2D eigenvalue weighted by Crippen LogP contribution is 2.36. The van der Waals surface area contributed by atoms with Crippen molar-refractivity contribution in [3.63, 3.8) is 0 Å². The van der Waals surface area contributed by atoms with Gasteiger partial charge in [0.1, 0.15) is 4.83 Å². The van der Waals surface area contributed by atoms with E-state index in [-0.39, 0.29) is 22.0 Å². The van der Waals surface area contributed by atoms with Crippen LogP contribution in [0.25, 0.3) is 10.2 Å². The summed E-state index contributed by atoms with van der Waals surface area (Å²) in [4.78, 5) is 42.5. The molecule has 0 spiro atoms. The molecular formula is C19H17ClN4O4S2. The topological polar surface area (TPSA) is 107 Å². The Bertz CT molecular complexity index is 1250. The van der Waals surface area contributed by atoms with Crippen LogP contribution in [-0.4, -0.2) is 25.6 Å². The summed E-state index contributed by atoms with van der Waals surface area (Å²) in [7, 11) is 1.65. The molecule has 1 aromatic carbocycles. The summed E-state index contributed by atoms with van der Waals surface area (Å²) >= 11 is 8.76. The predicted octanol–water partition coefficient (Wildman–Crippen LogP) is 4.16. The number of nitrogens with zero attached hydrogens (tertiary/aromatic N) is 3. The molecule has 0 saturated heterocycles. The molecule has 8 nitrogen and oxygen atoms in total. The van der Waals surface area contributed by atoms with Gasteiger partial charge in [0.25, 0.3) is 11.2 Å². The van der Waals surface area contributed by atoms with Gasteiger partial charge < -0.3 is 5.32 Å². The largest absolute Gasteiger partial charge is 0.324 e. The van der Waals surface area contributed by atoms with Crippen molar-refractivity contribution in [2.45, 2.75) is 36.6 Å². The number of hydrogen-bond acceptors (Lipinski definition) is 7. The molecule has 0 saturated carbocycles. The highest BCUT2D eigenvalue weighted by molar-refractivity contribution is 8.00. The third kappa shape index (κ3) is 3.70. The van der Waals surface area contributed by atoms with E-state index in [0.717, 1.165) is 36.6 Å². The number of rotatable bonds is 5. The quantitative estimate of drug-likeness (QED) is 0.263. The Hall–Kier alpha value is -2.43. The van der Waals surface area contributed by atoms with Crippen molar-refractivity contribution in [2.75, 3.05) is 5.32 Å². The van der Waals surface area contributed by atoms with Crippen LogP contribution in [0.15, 0.2) is 28.2 Å². The summed E-state index contributed by atoms with van der Waals surface area (Å²) in [6.45, 7) is 1.68. The van der Waals surface area contributed by atoms with Crippen molar-refractivity contribution in [1.29, 1.82) is 0 Å². The molecule has 0 bridgehead atoms. The number of thioether (sulfide) groups is 1. The second-order valence-corrected chi connectivity index (χ2v) is 9.77. The number of nitrogens with one attached hydrogen (secondary N) is 1. The highest BCUT2D eigenvalue weighted by Gasteiger charge is 2.24. The number of thiophene rings is 1. The summed E-state index contributed by atoms with van der Waals surface area (Å²) < 4.78 is 1.47. The maximum absolute atomic E-state index is 12.9. The zero-order valence-corrected chi connectivity index (χ0v) is 18.5. The lowest BCUT2D eigenvalue weighted by molar-refractivity contribution is -0.384. The fraction of sp³-hybridized carbons (Fsp3) is 0.316. The van der Waals surface area contributed by atoms with Gasteiger partial charge in [0, 0.05) is 24.1 Å². The van der Waals surface area contributed by atoms with Crippen LogP contribution in [0.3, 0.4) is 0 Å². The average molecular weight is 465 g/mol. The number of anilines is 1. The molecule has 2 heterocycles. The highest BCUT2D eigenvalue weighted by atomic mass is 35.5. The second-order valence-electron chi connectivity index (χ2n) is 6.97. The number of benzene rings is 1. The molecule has 3 aromatic rings. The van der Waals surface area contributed by atoms with Gasteiger partial charge in [0.2, 0.25) is 5.91 Å². The van der Waals surface area contributed by atoms with Crippen LogP contribution < -0.4 is 10.9 Å². The number of carbonyl (C=O) groups is 1. The van der Waals surface area contributed by atoms with E-state index >= 15 is 0 Å². The third-order valence-electron chi connectivity index (χ3n) is 4.98. The first kappa shape index (κ1) is 20.8. The molecule has 30 heavy (non-hydrogen) atoms. The van der Waals surface area contributed by atoms with Gasteiger partial charge in [-0.2, -0.15) is 0 Å². The Labute approximate surface area is 184 Å². The standard InChI is InChI=1S/C19H17ClN4O4S2/c1-9(16(25)21-13-8-10(24(27)28)6-7-12(13)20)29-19-22-17-15(18(26)23(19)2)11-4-3-5-14(11)30-17/h6-9H,3-5H2,1-2H3,(H,21,25). The molecule has 156 valence electrons. The summed E-state index contributed by atoms with van der Waals surface area (Å²) in [6.07, 6.45) is 2.94. The molecule has 1 unspecified atom stereocenters. The Morgan fingerprint density at radius 1 is 1.43 bits per heavy atom. The molecule has 1 amide bonds. The fourth-order valence-electron chi connectivity index (χ4n) is 3.38. The van der Waals surface area contributed by atoms with Crippen molar-refractivity contribution in [1.82, 2.24) is 9.55 Å². The lowest BCUT2D eigenvalue weighted by Gasteiger charge is -2.14. The van der Waals surface area contributed by atoms with Crippen LogP contribution in [-0.2, 0) is 24.7 Å². The number of carbonyl (C=O) groups excluding carboxylic acids is 1. The van der Waals surface area contributed by atoms with Gasteiger partial charge in [-0.15, -0.1) is 11.3 Å². The van der Waals surface area contributed by atoms with Gasteiger partial charge in [0.05, 0.1) is 26.3 Å². The number of non-ortho nitro benzene ring substituents is 1. The molecule has 2 aromatic heterocycles. The Morgan fingerprint density at radius 2 is 2.20 bits per heavy atom. The predicted molar refractivity (Wildman–Crippen MR) is 119 cm³/mol. The van der Waals surface area contributed by atoms with Crippen LogP contribution in [0.2, 0.25) is 5.02 Å². The molecule has 1 aliphatic carbocycles. The smallest absolute Gasteiger partial charge is 0.271 e. The number of aryl methyl sites for hydroxylation is 2. The van der Waals surface area contributed by atoms with E-state index in [1.807, 2.05) is 0 Å². The molecule has 0 fully saturated rings. The van der Waals surface area contributed by atoms with Crippen LogP contribution in [0.1, 0.15) is 23.8 Å². The molecular weight excluding hydrogens is 448 g/mol. The van der Waals surface area contributed by atoms with Gasteiger partial charge >= 0.3 is 0 Å². The van der Waals surface area contributed by atoms with Crippen molar-refractivity contribution in [3.05, 3.63) is 54.1 Å². The van der Waals surface area contributed by atoms with Gasteiger partial charge in [0.15, 0.2) is 5.16 Å². The maximum atomic E-state index is 12.9. The lowest BCUT2D eigenvalue weighted by atomic mass is 10.2. The zero-order valence-electron chi connectivity index (χ0n) is 16.1. The Balaban J connectivity index is 1.57. The van der Waals surface area contributed by atoms with E-state index in [1.165, 1.54) is 27.6 Å². The van der Waals surface area contributed by atoms with Gasteiger partial charge in [-0.3, -0.25) is 24.3 Å². The lowest BCUT2D eigenvalue weighted by Crippen LogP contribution is -2.25. The monoisotopic (exact) mass is 464 g/mol. The minimum Gasteiger partial charge on any atom is -0.324 e. The molecule has 0 aliphatic heterocycles. The van der Waals surface area contributed by atoms with E-state index in [4.69, 9.17) is 11.6 Å². The van der Waals surface area contributed by atoms with Crippen LogP contribution >= 0.6 is 34.7 Å². The summed E-state index contributed by atoms with van der Waals surface area (Å²) in [5.74, 6) is -0.398. The number of hydrogen-bond donors (Lipinski definition) is 1. The van der Waals surface area contributed by atoms with Crippen molar-refractivity contribution >= 4 is 62.2 Å². The Morgan fingerprint density at radius 3 is 2.93 bits per heavy atom. The van der Waals surface area contributed by atoms with Gasteiger partial charge in [-0.25, -0.2) is 4.98 Å². The van der Waals surface area contributed by atoms with E-state index < -0.39 is 16.1 Å². The van der Waals surface area contributed by atoms with E-state index in [0.29, 0.717) is 15.4 Å². The first-order valence-corrected chi connectivity index (χ1v) is 11.3. The molecule has 1 N–H and O–H groups in total. The maximum Gasteiger partial charge on any atom is 0.271 e. The van der Waals surface area contributed by atoms with Gasteiger partial charge in [-0.1, -0.05) is 23.4 Å². The SMILES string of the molecule is CC(Sc1nc2sc3c(c2c(=O)n1C)CCC3)C(=O)Nc1cc([N+](=O)[O-])ccc1Cl. The van der Waals surface area contributed by atoms with E-state index in [2.05, 4.69) is 10.3 Å². The second kappa shape index (κ2) is 8.01. The molecule has 11 heteroatoms. The molecule has 1 aliphatic rings.